The number of nitrogens with zero attached hydrogens (tertiary/aromatic N) is 3. The van der Waals surface area contributed by atoms with Crippen molar-refractivity contribution in [2.75, 3.05) is 0 Å². The topological polar surface area (TPSA) is 30.2 Å². The maximum Gasteiger partial charge on any atom is 0.212 e. The van der Waals surface area contributed by atoms with Crippen molar-refractivity contribution in [3.63, 3.8) is 0 Å². The molecule has 0 aromatic carbocycles. The lowest BCUT2D eigenvalue weighted by Crippen LogP contribution is -1.88. The SMILES string of the molecule is Fc1ccc(-c2cnc3ccccn23)cn1. The summed E-state index contributed by atoms with van der Waals surface area (Å²) in [7, 11) is 0. The van der Waals surface area contributed by atoms with Gasteiger partial charge in [-0.1, -0.05) is 6.07 Å². The smallest absolute Gasteiger partial charge is 0.212 e. The van der Waals surface area contributed by atoms with Crippen LogP contribution in [0.25, 0.3) is 16.9 Å². The van der Waals surface area contributed by atoms with Crippen molar-refractivity contribution in [2.24, 2.45) is 0 Å². The van der Waals surface area contributed by atoms with Gasteiger partial charge in [0.1, 0.15) is 5.65 Å². The maximum absolute atomic E-state index is 12.7. The number of pyridine rings is 2. The van der Waals surface area contributed by atoms with Crippen molar-refractivity contribution in [2.45, 2.75) is 0 Å². The lowest BCUT2D eigenvalue weighted by atomic mass is 10.2. The summed E-state index contributed by atoms with van der Waals surface area (Å²) in [5, 5.41) is 0. The summed E-state index contributed by atoms with van der Waals surface area (Å²) < 4.78 is 14.6. The summed E-state index contributed by atoms with van der Waals surface area (Å²) >= 11 is 0. The van der Waals surface area contributed by atoms with Gasteiger partial charge in [0.2, 0.25) is 5.95 Å². The molecule has 0 aliphatic heterocycles. The minimum Gasteiger partial charge on any atom is -0.300 e. The van der Waals surface area contributed by atoms with Crippen LogP contribution in [0.3, 0.4) is 0 Å². The van der Waals surface area contributed by atoms with Crippen molar-refractivity contribution < 1.29 is 4.39 Å². The molecule has 0 amide bonds. The molecule has 3 rings (SSSR count). The molecular formula is C12H8FN3. The van der Waals surface area contributed by atoms with E-state index in [0.29, 0.717) is 0 Å². The summed E-state index contributed by atoms with van der Waals surface area (Å²) in [6.07, 6.45) is 5.18. The molecule has 3 aromatic heterocycles. The first kappa shape index (κ1) is 9.03. The molecule has 0 unspecified atom stereocenters. The zero-order chi connectivity index (χ0) is 11.0. The second kappa shape index (κ2) is 3.41. The van der Waals surface area contributed by atoms with Crippen LogP contribution in [-0.4, -0.2) is 14.4 Å². The highest BCUT2D eigenvalue weighted by atomic mass is 19.1. The molecule has 0 aliphatic rings. The van der Waals surface area contributed by atoms with Gasteiger partial charge in [-0.2, -0.15) is 4.39 Å². The molecule has 3 nitrogen and oxygen atoms in total. The van der Waals surface area contributed by atoms with Crippen LogP contribution in [0.15, 0.2) is 48.9 Å². The van der Waals surface area contributed by atoms with E-state index in [1.54, 1.807) is 12.3 Å². The van der Waals surface area contributed by atoms with E-state index in [-0.39, 0.29) is 0 Å². The van der Waals surface area contributed by atoms with Gasteiger partial charge in [-0.05, 0) is 24.3 Å². The molecule has 0 N–H and O–H groups in total. The van der Waals surface area contributed by atoms with E-state index in [1.807, 2.05) is 28.8 Å². The van der Waals surface area contributed by atoms with Gasteiger partial charge in [0, 0.05) is 18.0 Å². The van der Waals surface area contributed by atoms with E-state index in [2.05, 4.69) is 9.97 Å². The van der Waals surface area contributed by atoms with Crippen molar-refractivity contribution in [1.29, 1.82) is 0 Å². The third-order valence-electron chi connectivity index (χ3n) is 2.44. The second-order valence-corrected chi connectivity index (χ2v) is 3.44. The molecule has 3 aromatic rings. The summed E-state index contributed by atoms with van der Waals surface area (Å²) in [5.41, 5.74) is 2.62. The normalized spacial score (nSPS) is 10.8. The molecule has 0 atom stereocenters. The Kier molecular flexibility index (Phi) is 1.93. The third-order valence-corrected chi connectivity index (χ3v) is 2.44. The van der Waals surface area contributed by atoms with Crippen LogP contribution in [-0.2, 0) is 0 Å². The highest BCUT2D eigenvalue weighted by Crippen LogP contribution is 2.19. The van der Waals surface area contributed by atoms with E-state index in [1.165, 1.54) is 12.3 Å². The van der Waals surface area contributed by atoms with Gasteiger partial charge in [-0.15, -0.1) is 0 Å². The highest BCUT2D eigenvalue weighted by Gasteiger charge is 2.05. The van der Waals surface area contributed by atoms with E-state index in [9.17, 15) is 4.39 Å². The Hall–Kier alpha value is -2.23. The Bertz CT molecular complexity index is 628. The van der Waals surface area contributed by atoms with Gasteiger partial charge in [-0.3, -0.25) is 4.40 Å². The molecule has 0 radical (unpaired) electrons. The Morgan fingerprint density at radius 3 is 2.75 bits per heavy atom. The summed E-state index contributed by atoms with van der Waals surface area (Å²) in [5.74, 6) is -0.474. The number of rotatable bonds is 1. The molecule has 78 valence electrons. The van der Waals surface area contributed by atoms with Crippen LogP contribution in [0.5, 0.6) is 0 Å². The van der Waals surface area contributed by atoms with Gasteiger partial charge in [0.25, 0.3) is 0 Å². The van der Waals surface area contributed by atoms with Gasteiger partial charge in [0.05, 0.1) is 11.9 Å². The molecular weight excluding hydrogens is 205 g/mol. The molecule has 0 saturated heterocycles. The van der Waals surface area contributed by atoms with Gasteiger partial charge >= 0.3 is 0 Å². The Balaban J connectivity index is 2.22. The van der Waals surface area contributed by atoms with E-state index in [4.69, 9.17) is 0 Å². The first-order chi connectivity index (χ1) is 7.84. The first-order valence-corrected chi connectivity index (χ1v) is 4.88. The molecule has 0 bridgehead atoms. The van der Waals surface area contributed by atoms with Crippen LogP contribution in [0.4, 0.5) is 4.39 Å². The lowest BCUT2D eigenvalue weighted by Gasteiger charge is -2.00. The summed E-state index contributed by atoms with van der Waals surface area (Å²) in [4.78, 5) is 7.89. The van der Waals surface area contributed by atoms with Gasteiger partial charge in [0.15, 0.2) is 0 Å². The molecule has 0 saturated carbocycles. The fraction of sp³-hybridized carbons (Fsp3) is 0. The summed E-state index contributed by atoms with van der Waals surface area (Å²) in [6, 6.07) is 8.81. The standard InChI is InChI=1S/C12H8FN3/c13-11-5-4-9(7-14-11)10-8-15-12-3-1-2-6-16(10)12/h1-8H. The van der Waals surface area contributed by atoms with Gasteiger partial charge < -0.3 is 0 Å². The minimum atomic E-state index is -0.474. The molecule has 4 heteroatoms. The van der Waals surface area contributed by atoms with E-state index < -0.39 is 5.95 Å². The van der Waals surface area contributed by atoms with Crippen molar-refractivity contribution in [1.82, 2.24) is 14.4 Å². The molecule has 0 fully saturated rings. The Labute approximate surface area is 91.2 Å². The number of imidazole rings is 1. The zero-order valence-electron chi connectivity index (χ0n) is 8.34. The van der Waals surface area contributed by atoms with Crippen LogP contribution in [0.2, 0.25) is 0 Å². The van der Waals surface area contributed by atoms with Crippen molar-refractivity contribution in [3.8, 4) is 11.3 Å². The Morgan fingerprint density at radius 2 is 1.94 bits per heavy atom. The second-order valence-electron chi connectivity index (χ2n) is 3.44. The molecule has 0 aliphatic carbocycles. The largest absolute Gasteiger partial charge is 0.300 e. The number of hydrogen-bond donors (Lipinski definition) is 0. The quantitative estimate of drug-likeness (QED) is 0.581. The maximum atomic E-state index is 12.7. The number of fused-ring (bicyclic) bond motifs is 1. The van der Waals surface area contributed by atoms with Crippen molar-refractivity contribution in [3.05, 3.63) is 54.9 Å². The van der Waals surface area contributed by atoms with Crippen LogP contribution >= 0.6 is 0 Å². The fourth-order valence-electron chi connectivity index (χ4n) is 1.67. The Morgan fingerprint density at radius 1 is 1.00 bits per heavy atom. The predicted octanol–water partition coefficient (Wildman–Crippen LogP) is 2.54. The highest BCUT2D eigenvalue weighted by molar-refractivity contribution is 5.62. The van der Waals surface area contributed by atoms with E-state index >= 15 is 0 Å². The summed E-state index contributed by atoms with van der Waals surface area (Å²) in [6.45, 7) is 0. The van der Waals surface area contributed by atoms with Crippen LogP contribution in [0.1, 0.15) is 0 Å². The fourth-order valence-corrected chi connectivity index (χ4v) is 1.67. The minimum absolute atomic E-state index is 0.474. The molecule has 3 heterocycles. The third kappa shape index (κ3) is 1.35. The molecule has 0 spiro atoms. The number of aromatic nitrogens is 3. The average molecular weight is 213 g/mol. The van der Waals surface area contributed by atoms with Gasteiger partial charge in [-0.25, -0.2) is 9.97 Å². The first-order valence-electron chi connectivity index (χ1n) is 4.88. The number of halogens is 1. The zero-order valence-corrected chi connectivity index (χ0v) is 8.34. The monoisotopic (exact) mass is 213 g/mol. The van der Waals surface area contributed by atoms with Crippen molar-refractivity contribution >= 4 is 5.65 Å². The van der Waals surface area contributed by atoms with Crippen LogP contribution in [0, 0.1) is 5.95 Å². The average Bonchev–Trinajstić information content (AvgIpc) is 2.74. The number of hydrogen-bond acceptors (Lipinski definition) is 2. The molecule has 16 heavy (non-hydrogen) atoms. The van der Waals surface area contributed by atoms with Crippen LogP contribution < -0.4 is 0 Å². The predicted molar refractivity (Wildman–Crippen MR) is 58.4 cm³/mol. The van der Waals surface area contributed by atoms with E-state index in [0.717, 1.165) is 16.9 Å². The lowest BCUT2D eigenvalue weighted by molar-refractivity contribution is 0.584.